The third-order valence-corrected chi connectivity index (χ3v) is 4.26. The zero-order chi connectivity index (χ0) is 14.5. The molecule has 1 saturated carbocycles. The molecule has 3 nitrogen and oxygen atoms in total. The normalized spacial score (nSPS) is 22.6. The van der Waals surface area contributed by atoms with Crippen molar-refractivity contribution < 1.29 is 9.90 Å². The Hall–Kier alpha value is -1.35. The highest BCUT2D eigenvalue weighted by atomic mass is 16.3. The Morgan fingerprint density at radius 2 is 1.95 bits per heavy atom. The molecule has 0 spiro atoms. The quantitative estimate of drug-likeness (QED) is 0.887. The first kappa shape index (κ1) is 15.0. The van der Waals surface area contributed by atoms with Gasteiger partial charge in [0, 0.05) is 6.54 Å². The van der Waals surface area contributed by atoms with Crippen LogP contribution in [0, 0.1) is 19.8 Å². The van der Waals surface area contributed by atoms with Crippen molar-refractivity contribution in [3.63, 3.8) is 0 Å². The van der Waals surface area contributed by atoms with Gasteiger partial charge in [-0.1, -0.05) is 23.8 Å². The summed E-state index contributed by atoms with van der Waals surface area (Å²) in [6, 6.07) is 6.23. The second kappa shape index (κ2) is 6.89. The lowest BCUT2D eigenvalue weighted by Gasteiger charge is -2.25. The minimum absolute atomic E-state index is 0.102. The first-order chi connectivity index (χ1) is 9.54. The maximum Gasteiger partial charge on any atom is 0.224 e. The van der Waals surface area contributed by atoms with Crippen LogP contribution >= 0.6 is 0 Å². The molecule has 0 heterocycles. The number of carbonyl (C=O) groups is 1. The molecular formula is C17H25NO2. The third-order valence-electron chi connectivity index (χ3n) is 4.26. The van der Waals surface area contributed by atoms with Crippen LogP contribution in [0.2, 0.25) is 0 Å². The first-order valence-electron chi connectivity index (χ1n) is 7.55. The molecule has 0 aromatic heterocycles. The van der Waals surface area contributed by atoms with Crippen LogP contribution in [-0.2, 0) is 11.2 Å². The molecule has 0 saturated heterocycles. The topological polar surface area (TPSA) is 49.3 Å². The van der Waals surface area contributed by atoms with Gasteiger partial charge in [0.25, 0.3) is 0 Å². The van der Waals surface area contributed by atoms with E-state index >= 15 is 0 Å². The van der Waals surface area contributed by atoms with Crippen LogP contribution in [0.1, 0.15) is 42.4 Å². The highest BCUT2D eigenvalue weighted by Crippen LogP contribution is 2.23. The van der Waals surface area contributed by atoms with Crippen LogP contribution in [0.4, 0.5) is 0 Å². The van der Waals surface area contributed by atoms with Crippen molar-refractivity contribution in [1.82, 2.24) is 5.32 Å². The lowest BCUT2D eigenvalue weighted by Crippen LogP contribution is -2.33. The smallest absolute Gasteiger partial charge is 0.224 e. The van der Waals surface area contributed by atoms with E-state index in [2.05, 4.69) is 23.5 Å². The van der Waals surface area contributed by atoms with Gasteiger partial charge in [-0.25, -0.2) is 0 Å². The van der Waals surface area contributed by atoms with Crippen molar-refractivity contribution in [2.24, 2.45) is 5.92 Å². The van der Waals surface area contributed by atoms with Crippen LogP contribution in [0.3, 0.4) is 0 Å². The summed E-state index contributed by atoms with van der Waals surface area (Å²) >= 11 is 0. The molecule has 0 unspecified atom stereocenters. The fourth-order valence-electron chi connectivity index (χ4n) is 2.83. The van der Waals surface area contributed by atoms with Crippen molar-refractivity contribution in [3.8, 4) is 0 Å². The Morgan fingerprint density at radius 3 is 2.65 bits per heavy atom. The van der Waals surface area contributed by atoms with E-state index in [-0.39, 0.29) is 12.0 Å². The summed E-state index contributed by atoms with van der Waals surface area (Å²) in [7, 11) is 0. The first-order valence-corrected chi connectivity index (χ1v) is 7.55. The average molecular weight is 275 g/mol. The van der Waals surface area contributed by atoms with Crippen molar-refractivity contribution >= 4 is 5.91 Å². The monoisotopic (exact) mass is 275 g/mol. The van der Waals surface area contributed by atoms with Crippen molar-refractivity contribution in [2.75, 3.05) is 6.54 Å². The molecule has 0 atom stereocenters. The third kappa shape index (κ3) is 4.34. The molecule has 1 aromatic rings. The Kier molecular flexibility index (Phi) is 5.18. The summed E-state index contributed by atoms with van der Waals surface area (Å²) < 4.78 is 0. The van der Waals surface area contributed by atoms with E-state index < -0.39 is 0 Å². The SMILES string of the molecule is Cc1ccc(C)c(CC(=O)NCC2CCC(O)CC2)c1. The fraction of sp³-hybridized carbons (Fsp3) is 0.588. The van der Waals surface area contributed by atoms with Crippen LogP contribution in [0.5, 0.6) is 0 Å². The second-order valence-corrected chi connectivity index (χ2v) is 6.09. The van der Waals surface area contributed by atoms with E-state index in [0.717, 1.165) is 37.8 Å². The molecule has 2 N–H and O–H groups in total. The summed E-state index contributed by atoms with van der Waals surface area (Å²) in [6.45, 7) is 4.84. The molecule has 0 aliphatic heterocycles. The minimum atomic E-state index is -0.128. The average Bonchev–Trinajstić information content (AvgIpc) is 2.42. The molecule has 1 aliphatic carbocycles. The highest BCUT2D eigenvalue weighted by Gasteiger charge is 2.19. The molecule has 0 radical (unpaired) electrons. The molecule has 3 heteroatoms. The number of aliphatic hydroxyl groups is 1. The predicted octanol–water partition coefficient (Wildman–Crippen LogP) is 2.51. The number of amides is 1. The highest BCUT2D eigenvalue weighted by molar-refractivity contribution is 5.79. The second-order valence-electron chi connectivity index (χ2n) is 6.09. The minimum Gasteiger partial charge on any atom is -0.393 e. The lowest BCUT2D eigenvalue weighted by molar-refractivity contribution is -0.120. The summed E-state index contributed by atoms with van der Waals surface area (Å²) in [6.07, 6.45) is 4.12. The van der Waals surface area contributed by atoms with Crippen LogP contribution in [0.15, 0.2) is 18.2 Å². The molecule has 1 amide bonds. The lowest BCUT2D eigenvalue weighted by atomic mass is 9.87. The van der Waals surface area contributed by atoms with Gasteiger partial charge in [0.15, 0.2) is 0 Å². The van der Waals surface area contributed by atoms with Gasteiger partial charge in [0.2, 0.25) is 5.91 Å². The Morgan fingerprint density at radius 1 is 1.25 bits per heavy atom. The molecule has 0 bridgehead atoms. The maximum atomic E-state index is 12.0. The van der Waals surface area contributed by atoms with E-state index in [1.165, 1.54) is 11.1 Å². The van der Waals surface area contributed by atoms with Gasteiger partial charge in [-0.15, -0.1) is 0 Å². The largest absolute Gasteiger partial charge is 0.393 e. The van der Waals surface area contributed by atoms with Gasteiger partial charge >= 0.3 is 0 Å². The predicted molar refractivity (Wildman–Crippen MR) is 80.6 cm³/mol. The molecule has 1 aromatic carbocycles. The van der Waals surface area contributed by atoms with E-state index in [1.54, 1.807) is 0 Å². The number of aliphatic hydroxyl groups excluding tert-OH is 1. The Labute approximate surface area is 121 Å². The molecule has 110 valence electrons. The summed E-state index contributed by atoms with van der Waals surface area (Å²) in [5.41, 5.74) is 3.48. The van der Waals surface area contributed by atoms with Crippen LogP contribution < -0.4 is 5.32 Å². The molecule has 2 rings (SSSR count). The van der Waals surface area contributed by atoms with Crippen LogP contribution in [0.25, 0.3) is 0 Å². The van der Waals surface area contributed by atoms with E-state index in [0.29, 0.717) is 12.3 Å². The number of carbonyl (C=O) groups excluding carboxylic acids is 1. The van der Waals surface area contributed by atoms with Gasteiger partial charge in [-0.3, -0.25) is 4.79 Å². The van der Waals surface area contributed by atoms with E-state index in [9.17, 15) is 9.90 Å². The zero-order valence-electron chi connectivity index (χ0n) is 12.5. The van der Waals surface area contributed by atoms with Gasteiger partial charge in [0.05, 0.1) is 12.5 Å². The van der Waals surface area contributed by atoms with Crippen LogP contribution in [-0.4, -0.2) is 23.7 Å². The van der Waals surface area contributed by atoms with E-state index in [1.807, 2.05) is 13.8 Å². The summed E-state index contributed by atoms with van der Waals surface area (Å²) in [5, 5.41) is 12.5. The zero-order valence-corrected chi connectivity index (χ0v) is 12.5. The molecule has 1 fully saturated rings. The van der Waals surface area contributed by atoms with Gasteiger partial charge < -0.3 is 10.4 Å². The van der Waals surface area contributed by atoms with Crippen molar-refractivity contribution in [1.29, 1.82) is 0 Å². The summed E-state index contributed by atoms with van der Waals surface area (Å²) in [5.74, 6) is 0.630. The number of aryl methyl sites for hydroxylation is 2. The number of nitrogens with one attached hydrogen (secondary N) is 1. The maximum absolute atomic E-state index is 12.0. The molecule has 1 aliphatic rings. The van der Waals surface area contributed by atoms with Crippen molar-refractivity contribution in [3.05, 3.63) is 34.9 Å². The number of hydrogen-bond donors (Lipinski definition) is 2. The van der Waals surface area contributed by atoms with Gasteiger partial charge in [-0.2, -0.15) is 0 Å². The number of rotatable bonds is 4. The molecular weight excluding hydrogens is 250 g/mol. The Bertz CT molecular complexity index is 462. The van der Waals surface area contributed by atoms with Crippen molar-refractivity contribution in [2.45, 2.75) is 52.1 Å². The van der Waals surface area contributed by atoms with Gasteiger partial charge in [0.1, 0.15) is 0 Å². The number of hydrogen-bond acceptors (Lipinski definition) is 2. The fourth-order valence-corrected chi connectivity index (χ4v) is 2.83. The number of benzene rings is 1. The van der Waals surface area contributed by atoms with Gasteiger partial charge in [-0.05, 0) is 56.6 Å². The summed E-state index contributed by atoms with van der Waals surface area (Å²) in [4.78, 5) is 12.0. The molecule has 20 heavy (non-hydrogen) atoms. The van der Waals surface area contributed by atoms with E-state index in [4.69, 9.17) is 0 Å². The Balaban J connectivity index is 1.79. The standard InChI is InChI=1S/C17H25NO2/c1-12-3-4-13(2)15(9-12)10-17(20)18-11-14-5-7-16(19)8-6-14/h3-4,9,14,16,19H,5-8,10-11H2,1-2H3,(H,18,20).